The molecule has 4 heteroatoms. The third kappa shape index (κ3) is 5.60. The lowest BCUT2D eigenvalue weighted by Gasteiger charge is -2.21. The second-order valence-corrected chi connectivity index (χ2v) is 8.00. The zero-order chi connectivity index (χ0) is 22.4. The first kappa shape index (κ1) is 22.3. The number of benzene rings is 3. The van der Waals surface area contributed by atoms with Crippen molar-refractivity contribution in [3.05, 3.63) is 101 Å². The average Bonchev–Trinajstić information content (AvgIpc) is 2.77. The van der Waals surface area contributed by atoms with Crippen molar-refractivity contribution in [1.82, 2.24) is 0 Å². The van der Waals surface area contributed by atoms with E-state index in [4.69, 9.17) is 4.74 Å². The predicted molar refractivity (Wildman–Crippen MR) is 122 cm³/mol. The first-order valence-electron chi connectivity index (χ1n) is 10.5. The fraction of sp³-hybridized carbons (Fsp3) is 0.259. The van der Waals surface area contributed by atoms with Gasteiger partial charge in [-0.05, 0) is 48.6 Å². The minimum Gasteiger partial charge on any atom is -0.489 e. The van der Waals surface area contributed by atoms with Gasteiger partial charge in [-0.1, -0.05) is 73.7 Å². The fourth-order valence-corrected chi connectivity index (χ4v) is 3.65. The van der Waals surface area contributed by atoms with E-state index in [0.717, 1.165) is 22.3 Å². The van der Waals surface area contributed by atoms with Crippen LogP contribution in [0.15, 0.2) is 72.8 Å². The van der Waals surface area contributed by atoms with E-state index < -0.39 is 17.8 Å². The fourth-order valence-electron chi connectivity index (χ4n) is 3.65. The first-order valence-corrected chi connectivity index (χ1v) is 10.5. The monoisotopic (exact) mass is 416 g/mol. The highest BCUT2D eigenvalue weighted by Gasteiger charge is 2.28. The van der Waals surface area contributed by atoms with Gasteiger partial charge in [-0.15, -0.1) is 0 Å². The van der Waals surface area contributed by atoms with E-state index in [1.165, 1.54) is 0 Å². The molecule has 0 spiro atoms. The Morgan fingerprint density at radius 1 is 0.903 bits per heavy atom. The van der Waals surface area contributed by atoms with Gasteiger partial charge in [-0.2, -0.15) is 0 Å². The van der Waals surface area contributed by atoms with Crippen LogP contribution in [-0.2, 0) is 11.4 Å². The topological polar surface area (TPSA) is 63.6 Å². The Morgan fingerprint density at radius 2 is 1.58 bits per heavy atom. The second kappa shape index (κ2) is 10.1. The van der Waals surface area contributed by atoms with E-state index >= 15 is 0 Å². The molecule has 31 heavy (non-hydrogen) atoms. The third-order valence-electron chi connectivity index (χ3n) is 5.60. The molecule has 3 aromatic carbocycles. The van der Waals surface area contributed by atoms with E-state index in [1.807, 2.05) is 74.5 Å². The summed E-state index contributed by atoms with van der Waals surface area (Å²) in [6.45, 7) is 5.95. The van der Waals surface area contributed by atoms with Crippen LogP contribution in [-0.4, -0.2) is 16.9 Å². The summed E-state index contributed by atoms with van der Waals surface area (Å²) in [7, 11) is 0. The summed E-state index contributed by atoms with van der Waals surface area (Å²) >= 11 is 0. The van der Waals surface area contributed by atoms with Crippen LogP contribution < -0.4 is 4.74 Å². The molecule has 4 nitrogen and oxygen atoms in total. The minimum atomic E-state index is -0.901. The van der Waals surface area contributed by atoms with Crippen molar-refractivity contribution in [3.63, 3.8) is 0 Å². The molecule has 160 valence electrons. The lowest BCUT2D eigenvalue weighted by molar-refractivity contribution is -0.141. The van der Waals surface area contributed by atoms with Crippen LogP contribution >= 0.6 is 0 Å². The predicted octanol–water partition coefficient (Wildman–Crippen LogP) is 5.96. The third-order valence-corrected chi connectivity index (χ3v) is 5.60. The minimum absolute atomic E-state index is 0.0908. The molecule has 0 aliphatic heterocycles. The van der Waals surface area contributed by atoms with E-state index in [-0.39, 0.29) is 12.2 Å². The molecule has 0 bridgehead atoms. The summed E-state index contributed by atoms with van der Waals surface area (Å²) in [5.41, 5.74) is 4.36. The molecule has 0 fully saturated rings. The standard InChI is InChI=1S/C27H28O4/c1-18-9-7-8-12-23(18)24(15-20(3)27(29)30)26(28)22-14-13-19(2)25(16-22)31-17-21-10-5-4-6-11-21/h4-14,16,20,24H,15,17H2,1-3H3,(H,29,30). The van der Waals surface area contributed by atoms with Crippen molar-refractivity contribution in [1.29, 1.82) is 0 Å². The maximum Gasteiger partial charge on any atom is 0.306 e. The van der Waals surface area contributed by atoms with Crippen LogP contribution in [0, 0.1) is 19.8 Å². The van der Waals surface area contributed by atoms with Crippen LogP contribution in [0.4, 0.5) is 0 Å². The van der Waals surface area contributed by atoms with E-state index in [9.17, 15) is 14.7 Å². The number of Topliss-reactive ketones (excluding diaryl/α,β-unsaturated/α-hetero) is 1. The number of hydrogen-bond donors (Lipinski definition) is 1. The maximum atomic E-state index is 13.5. The van der Waals surface area contributed by atoms with Gasteiger partial charge < -0.3 is 9.84 Å². The smallest absolute Gasteiger partial charge is 0.306 e. The number of ether oxygens (including phenoxy) is 1. The lowest BCUT2D eigenvalue weighted by Crippen LogP contribution is -2.21. The summed E-state index contributed by atoms with van der Waals surface area (Å²) in [5.74, 6) is -1.50. The number of ketones is 1. The molecule has 3 aromatic rings. The first-order chi connectivity index (χ1) is 14.9. The van der Waals surface area contributed by atoms with Gasteiger partial charge in [0, 0.05) is 11.5 Å². The zero-order valence-corrected chi connectivity index (χ0v) is 18.2. The van der Waals surface area contributed by atoms with Gasteiger partial charge in [-0.3, -0.25) is 9.59 Å². The molecule has 1 N–H and O–H groups in total. The van der Waals surface area contributed by atoms with Gasteiger partial charge in [0.1, 0.15) is 12.4 Å². The Kier molecular flexibility index (Phi) is 7.24. The Morgan fingerprint density at radius 3 is 2.26 bits per heavy atom. The Balaban J connectivity index is 1.90. The van der Waals surface area contributed by atoms with Gasteiger partial charge in [0.2, 0.25) is 0 Å². The average molecular weight is 417 g/mol. The van der Waals surface area contributed by atoms with Crippen molar-refractivity contribution >= 4 is 11.8 Å². The largest absolute Gasteiger partial charge is 0.489 e. The molecule has 3 rings (SSSR count). The van der Waals surface area contributed by atoms with Gasteiger partial charge in [0.15, 0.2) is 5.78 Å². The van der Waals surface area contributed by atoms with Gasteiger partial charge >= 0.3 is 5.97 Å². The second-order valence-electron chi connectivity index (χ2n) is 8.00. The Hall–Kier alpha value is -3.40. The van der Waals surface area contributed by atoms with Crippen LogP contribution in [0.5, 0.6) is 5.75 Å². The molecule has 0 aliphatic carbocycles. The summed E-state index contributed by atoms with van der Waals surface area (Å²) in [6.07, 6.45) is 0.243. The van der Waals surface area contributed by atoms with Crippen molar-refractivity contribution in [2.45, 2.75) is 39.7 Å². The summed E-state index contributed by atoms with van der Waals surface area (Å²) in [6, 6.07) is 23.0. The molecule has 2 atom stereocenters. The number of hydrogen-bond acceptors (Lipinski definition) is 3. The number of rotatable bonds is 9. The maximum absolute atomic E-state index is 13.5. The number of carboxylic acid groups (broad SMARTS) is 1. The van der Waals surface area contributed by atoms with E-state index in [1.54, 1.807) is 19.1 Å². The highest BCUT2D eigenvalue weighted by Crippen LogP contribution is 2.32. The molecule has 0 saturated carbocycles. The summed E-state index contributed by atoms with van der Waals surface area (Å²) in [5, 5.41) is 9.43. The van der Waals surface area contributed by atoms with Gasteiger partial charge in [0.25, 0.3) is 0 Å². The quantitative estimate of drug-likeness (QED) is 0.437. The highest BCUT2D eigenvalue weighted by atomic mass is 16.5. The molecule has 0 radical (unpaired) electrons. The molecular weight excluding hydrogens is 388 g/mol. The van der Waals surface area contributed by atoms with Crippen molar-refractivity contribution < 1.29 is 19.4 Å². The number of carboxylic acids is 1. The highest BCUT2D eigenvalue weighted by molar-refractivity contribution is 6.01. The van der Waals surface area contributed by atoms with Crippen molar-refractivity contribution in [2.24, 2.45) is 5.92 Å². The van der Waals surface area contributed by atoms with Crippen LogP contribution in [0.1, 0.15) is 51.9 Å². The lowest BCUT2D eigenvalue weighted by atomic mass is 9.82. The molecule has 0 amide bonds. The number of carbonyl (C=O) groups excluding carboxylic acids is 1. The Bertz CT molecular complexity index is 1060. The number of carbonyl (C=O) groups is 2. The molecule has 0 aromatic heterocycles. The molecular formula is C27H28O4. The van der Waals surface area contributed by atoms with Crippen molar-refractivity contribution in [2.75, 3.05) is 0 Å². The summed E-state index contributed by atoms with van der Waals surface area (Å²) < 4.78 is 6.00. The molecule has 0 aliphatic rings. The van der Waals surface area contributed by atoms with Crippen LogP contribution in [0.2, 0.25) is 0 Å². The SMILES string of the molecule is Cc1ccc(C(=O)C(CC(C)C(=O)O)c2ccccc2C)cc1OCc1ccccc1. The molecule has 0 heterocycles. The zero-order valence-electron chi connectivity index (χ0n) is 18.2. The van der Waals surface area contributed by atoms with Crippen molar-refractivity contribution in [3.8, 4) is 5.75 Å². The van der Waals surface area contributed by atoms with E-state index in [0.29, 0.717) is 17.9 Å². The van der Waals surface area contributed by atoms with E-state index in [2.05, 4.69) is 0 Å². The molecule has 0 saturated heterocycles. The van der Waals surface area contributed by atoms with Gasteiger partial charge in [-0.25, -0.2) is 0 Å². The van der Waals surface area contributed by atoms with Crippen LogP contribution in [0.3, 0.4) is 0 Å². The normalized spacial score (nSPS) is 12.7. The number of aliphatic carboxylic acids is 1. The summed E-state index contributed by atoms with van der Waals surface area (Å²) in [4.78, 5) is 25.0. The van der Waals surface area contributed by atoms with Crippen LogP contribution in [0.25, 0.3) is 0 Å². The number of aryl methyl sites for hydroxylation is 2. The Labute approximate surface area is 183 Å². The molecule has 2 unspecified atom stereocenters. The van der Waals surface area contributed by atoms with Gasteiger partial charge in [0.05, 0.1) is 5.92 Å².